The molecular weight excluding hydrogens is 244 g/mol. The standard InChI is InChI=1S/C19H36O/c1-4-5-6-7-8-9-12-19(3)13-10-17-16(2)11-14-20-18(17)15-19/h16-18H,4-15H2,1-3H3. The first kappa shape index (κ1) is 16.3. The Kier molecular flexibility index (Phi) is 6.39. The van der Waals surface area contributed by atoms with Gasteiger partial charge >= 0.3 is 0 Å². The molecule has 118 valence electrons. The first-order chi connectivity index (χ1) is 9.64. The van der Waals surface area contributed by atoms with Gasteiger partial charge in [-0.1, -0.05) is 59.3 Å². The summed E-state index contributed by atoms with van der Waals surface area (Å²) in [5.41, 5.74) is 0.572. The van der Waals surface area contributed by atoms with Crippen LogP contribution in [0.5, 0.6) is 0 Å². The molecule has 2 aliphatic rings. The molecule has 1 aliphatic carbocycles. The first-order valence-corrected chi connectivity index (χ1v) is 9.26. The summed E-state index contributed by atoms with van der Waals surface area (Å²) in [5.74, 6) is 1.76. The van der Waals surface area contributed by atoms with Crippen molar-refractivity contribution in [3.05, 3.63) is 0 Å². The Balaban J connectivity index is 1.69. The second-order valence-corrected chi connectivity index (χ2v) is 7.91. The van der Waals surface area contributed by atoms with E-state index in [1.807, 2.05) is 0 Å². The van der Waals surface area contributed by atoms with Crippen molar-refractivity contribution in [1.82, 2.24) is 0 Å². The third-order valence-electron chi connectivity index (χ3n) is 6.02. The summed E-state index contributed by atoms with van der Waals surface area (Å²) >= 11 is 0. The van der Waals surface area contributed by atoms with Gasteiger partial charge in [0.05, 0.1) is 6.10 Å². The van der Waals surface area contributed by atoms with E-state index in [2.05, 4.69) is 20.8 Å². The van der Waals surface area contributed by atoms with Crippen molar-refractivity contribution in [3.63, 3.8) is 0 Å². The highest BCUT2D eigenvalue weighted by atomic mass is 16.5. The number of hydrogen-bond donors (Lipinski definition) is 0. The minimum atomic E-state index is 0.572. The molecular formula is C19H36O. The Bertz CT molecular complexity index is 275. The van der Waals surface area contributed by atoms with Crippen LogP contribution in [0.15, 0.2) is 0 Å². The summed E-state index contributed by atoms with van der Waals surface area (Å²) in [7, 11) is 0. The molecule has 0 radical (unpaired) electrons. The van der Waals surface area contributed by atoms with Crippen molar-refractivity contribution in [1.29, 1.82) is 0 Å². The summed E-state index contributed by atoms with van der Waals surface area (Å²) in [6.45, 7) is 8.27. The lowest BCUT2D eigenvalue weighted by Gasteiger charge is -2.47. The third kappa shape index (κ3) is 4.48. The van der Waals surface area contributed by atoms with Crippen LogP contribution in [0.2, 0.25) is 0 Å². The number of ether oxygens (including phenoxy) is 1. The Hall–Kier alpha value is -0.0400. The molecule has 4 unspecified atom stereocenters. The zero-order valence-corrected chi connectivity index (χ0v) is 14.1. The van der Waals surface area contributed by atoms with E-state index in [-0.39, 0.29) is 0 Å². The third-order valence-corrected chi connectivity index (χ3v) is 6.02. The van der Waals surface area contributed by atoms with E-state index in [9.17, 15) is 0 Å². The van der Waals surface area contributed by atoms with Gasteiger partial charge in [0, 0.05) is 6.61 Å². The quantitative estimate of drug-likeness (QED) is 0.522. The fraction of sp³-hybridized carbons (Fsp3) is 1.00. The van der Waals surface area contributed by atoms with Crippen LogP contribution in [-0.4, -0.2) is 12.7 Å². The highest BCUT2D eigenvalue weighted by molar-refractivity contribution is 4.91. The smallest absolute Gasteiger partial charge is 0.0611 e. The topological polar surface area (TPSA) is 9.23 Å². The molecule has 0 amide bonds. The zero-order valence-electron chi connectivity index (χ0n) is 14.1. The van der Waals surface area contributed by atoms with E-state index in [1.54, 1.807) is 0 Å². The summed E-state index contributed by atoms with van der Waals surface area (Å²) in [5, 5.41) is 0. The van der Waals surface area contributed by atoms with Gasteiger partial charge in [-0.05, 0) is 49.4 Å². The van der Waals surface area contributed by atoms with Gasteiger partial charge in [0.25, 0.3) is 0 Å². The summed E-state index contributed by atoms with van der Waals surface area (Å²) in [4.78, 5) is 0. The molecule has 0 bridgehead atoms. The first-order valence-electron chi connectivity index (χ1n) is 9.26. The SMILES string of the molecule is CCCCCCCCC1(C)CCC2C(C)CCOC2C1. The Labute approximate surface area is 126 Å². The number of rotatable bonds is 7. The van der Waals surface area contributed by atoms with E-state index in [0.29, 0.717) is 11.5 Å². The Morgan fingerprint density at radius 3 is 2.60 bits per heavy atom. The van der Waals surface area contributed by atoms with Crippen LogP contribution in [0.3, 0.4) is 0 Å². The maximum atomic E-state index is 6.11. The van der Waals surface area contributed by atoms with Gasteiger partial charge in [0.2, 0.25) is 0 Å². The van der Waals surface area contributed by atoms with Gasteiger partial charge in [0.15, 0.2) is 0 Å². The molecule has 0 aromatic rings. The van der Waals surface area contributed by atoms with Crippen LogP contribution in [-0.2, 0) is 4.74 Å². The van der Waals surface area contributed by atoms with Gasteiger partial charge in [-0.3, -0.25) is 0 Å². The van der Waals surface area contributed by atoms with Crippen molar-refractivity contribution in [2.45, 2.75) is 97.5 Å². The van der Waals surface area contributed by atoms with E-state index in [4.69, 9.17) is 4.74 Å². The van der Waals surface area contributed by atoms with E-state index >= 15 is 0 Å². The lowest BCUT2D eigenvalue weighted by Crippen LogP contribution is -2.43. The second kappa shape index (κ2) is 7.82. The monoisotopic (exact) mass is 280 g/mol. The van der Waals surface area contributed by atoms with Crippen LogP contribution in [0.25, 0.3) is 0 Å². The van der Waals surface area contributed by atoms with Crippen molar-refractivity contribution in [2.75, 3.05) is 6.61 Å². The zero-order chi connectivity index (χ0) is 14.4. The molecule has 0 spiro atoms. The lowest BCUT2D eigenvalue weighted by atomic mass is 9.64. The molecule has 2 fully saturated rings. The maximum absolute atomic E-state index is 6.11. The van der Waals surface area contributed by atoms with E-state index in [1.165, 1.54) is 70.6 Å². The predicted molar refractivity (Wildman–Crippen MR) is 87.0 cm³/mol. The van der Waals surface area contributed by atoms with Gasteiger partial charge in [-0.2, -0.15) is 0 Å². The lowest BCUT2D eigenvalue weighted by molar-refractivity contribution is -0.103. The Morgan fingerprint density at radius 2 is 1.80 bits per heavy atom. The molecule has 0 aromatic carbocycles. The normalized spacial score (nSPS) is 37.6. The van der Waals surface area contributed by atoms with Crippen molar-refractivity contribution in [2.24, 2.45) is 17.3 Å². The van der Waals surface area contributed by atoms with Crippen molar-refractivity contribution < 1.29 is 4.74 Å². The minimum absolute atomic E-state index is 0.572. The van der Waals surface area contributed by atoms with E-state index < -0.39 is 0 Å². The molecule has 20 heavy (non-hydrogen) atoms. The van der Waals surface area contributed by atoms with Gasteiger partial charge in [0.1, 0.15) is 0 Å². The number of fused-ring (bicyclic) bond motifs is 1. The van der Waals surface area contributed by atoms with Crippen LogP contribution >= 0.6 is 0 Å². The average molecular weight is 280 g/mol. The van der Waals surface area contributed by atoms with Crippen LogP contribution in [0.4, 0.5) is 0 Å². The molecule has 1 saturated heterocycles. The van der Waals surface area contributed by atoms with Gasteiger partial charge < -0.3 is 4.74 Å². The highest BCUT2D eigenvalue weighted by Crippen LogP contribution is 2.47. The summed E-state index contributed by atoms with van der Waals surface area (Å²) < 4.78 is 6.11. The molecule has 0 aromatic heterocycles. The molecule has 4 atom stereocenters. The average Bonchev–Trinajstić information content (AvgIpc) is 2.43. The summed E-state index contributed by atoms with van der Waals surface area (Å²) in [6.07, 6.45) is 16.0. The van der Waals surface area contributed by atoms with Crippen LogP contribution < -0.4 is 0 Å². The molecule has 1 heteroatoms. The van der Waals surface area contributed by atoms with E-state index in [0.717, 1.165) is 18.4 Å². The van der Waals surface area contributed by atoms with Crippen molar-refractivity contribution >= 4 is 0 Å². The fourth-order valence-corrected chi connectivity index (χ4v) is 4.45. The number of unbranched alkanes of at least 4 members (excludes halogenated alkanes) is 5. The summed E-state index contributed by atoms with van der Waals surface area (Å²) in [6, 6.07) is 0. The fourth-order valence-electron chi connectivity index (χ4n) is 4.45. The second-order valence-electron chi connectivity index (χ2n) is 7.91. The van der Waals surface area contributed by atoms with Gasteiger partial charge in [-0.25, -0.2) is 0 Å². The molecule has 1 saturated carbocycles. The molecule has 1 aliphatic heterocycles. The number of hydrogen-bond acceptors (Lipinski definition) is 1. The van der Waals surface area contributed by atoms with Crippen LogP contribution in [0.1, 0.15) is 91.4 Å². The molecule has 2 rings (SSSR count). The maximum Gasteiger partial charge on any atom is 0.0611 e. The molecule has 1 nitrogen and oxygen atoms in total. The Morgan fingerprint density at radius 1 is 1.05 bits per heavy atom. The highest BCUT2D eigenvalue weighted by Gasteiger charge is 2.41. The van der Waals surface area contributed by atoms with Crippen molar-refractivity contribution in [3.8, 4) is 0 Å². The van der Waals surface area contributed by atoms with Gasteiger partial charge in [-0.15, -0.1) is 0 Å². The van der Waals surface area contributed by atoms with Crippen LogP contribution in [0, 0.1) is 17.3 Å². The molecule has 0 N–H and O–H groups in total. The molecule has 1 heterocycles. The minimum Gasteiger partial charge on any atom is -0.378 e. The predicted octanol–water partition coefficient (Wildman–Crippen LogP) is 5.97. The largest absolute Gasteiger partial charge is 0.378 e.